The minimum Gasteiger partial charge on any atom is -0.255 e. The summed E-state index contributed by atoms with van der Waals surface area (Å²) in [5, 5.41) is 0. The summed E-state index contributed by atoms with van der Waals surface area (Å²) in [4.78, 5) is 9.46. The zero-order chi connectivity index (χ0) is 19.3. The topological polar surface area (TPSA) is 24.7 Å². The molecular formula is C25H30N2Ni. The van der Waals surface area contributed by atoms with Gasteiger partial charge in [-0.15, -0.1) is 0 Å². The molecule has 0 amide bonds. The van der Waals surface area contributed by atoms with E-state index in [4.69, 9.17) is 4.99 Å². The summed E-state index contributed by atoms with van der Waals surface area (Å²) in [6, 6.07) is 16.6. The van der Waals surface area contributed by atoms with E-state index in [2.05, 4.69) is 60.5 Å². The normalized spacial score (nSPS) is 12.2. The van der Waals surface area contributed by atoms with Gasteiger partial charge in [0.05, 0.1) is 17.1 Å². The van der Waals surface area contributed by atoms with Gasteiger partial charge in [-0.2, -0.15) is 0 Å². The zero-order valence-corrected chi connectivity index (χ0v) is 18.0. The van der Waals surface area contributed by atoms with E-state index >= 15 is 0 Å². The Labute approximate surface area is 180 Å². The van der Waals surface area contributed by atoms with Crippen molar-refractivity contribution in [3.05, 3.63) is 71.8 Å². The van der Waals surface area contributed by atoms with Crippen molar-refractivity contribution in [1.82, 2.24) is 0 Å². The Hall–Kier alpha value is -2.25. The van der Waals surface area contributed by atoms with Crippen molar-refractivity contribution in [1.29, 1.82) is 0 Å². The molecule has 3 heteroatoms. The van der Waals surface area contributed by atoms with Crippen LogP contribution in [0.15, 0.2) is 70.7 Å². The molecule has 2 aromatic carbocycles. The molecular weight excluding hydrogens is 387 g/mol. The molecule has 0 radical (unpaired) electrons. The Kier molecular flexibility index (Phi) is 11.8. The Bertz CT molecular complexity index is 797. The molecule has 0 unspecified atom stereocenters. The molecule has 28 heavy (non-hydrogen) atoms. The Balaban J connectivity index is 0.00000392. The van der Waals surface area contributed by atoms with E-state index in [-0.39, 0.29) is 16.5 Å². The van der Waals surface area contributed by atoms with Crippen LogP contribution in [0.2, 0.25) is 0 Å². The summed E-state index contributed by atoms with van der Waals surface area (Å²) >= 11 is 0. The van der Waals surface area contributed by atoms with Gasteiger partial charge < -0.3 is 0 Å². The van der Waals surface area contributed by atoms with Crippen molar-refractivity contribution < 1.29 is 16.5 Å². The van der Waals surface area contributed by atoms with Crippen LogP contribution in [0.5, 0.6) is 0 Å². The number of rotatable bonds is 9. The van der Waals surface area contributed by atoms with Crippen molar-refractivity contribution in [3.8, 4) is 0 Å². The van der Waals surface area contributed by atoms with Crippen molar-refractivity contribution in [2.24, 2.45) is 9.98 Å². The van der Waals surface area contributed by atoms with Crippen LogP contribution in [0.3, 0.4) is 0 Å². The molecule has 0 aliphatic carbocycles. The second-order valence-electron chi connectivity index (χ2n) is 6.50. The molecule has 150 valence electrons. The van der Waals surface area contributed by atoms with Gasteiger partial charge in [0, 0.05) is 22.7 Å². The second kappa shape index (κ2) is 13.9. The maximum atomic E-state index is 4.83. The smallest absolute Gasteiger partial charge is 0.0634 e. The quantitative estimate of drug-likeness (QED) is 0.226. The van der Waals surface area contributed by atoms with Gasteiger partial charge in [-0.25, -0.2) is 0 Å². The van der Waals surface area contributed by atoms with E-state index in [1.165, 1.54) is 24.0 Å². The van der Waals surface area contributed by atoms with Crippen LogP contribution in [0.4, 0.5) is 11.4 Å². The molecule has 0 aromatic heterocycles. The average Bonchev–Trinajstić information content (AvgIpc) is 2.69. The van der Waals surface area contributed by atoms with Gasteiger partial charge in [-0.3, -0.25) is 9.98 Å². The van der Waals surface area contributed by atoms with E-state index in [0.29, 0.717) is 0 Å². The number of nitrogens with zero attached hydrogens (tertiary/aromatic N) is 2. The molecule has 0 aliphatic rings. The molecule has 0 atom stereocenters. The number of allylic oxidation sites excluding steroid dienone is 2. The first-order valence-corrected chi connectivity index (χ1v) is 9.82. The fourth-order valence-electron chi connectivity index (χ4n) is 2.74. The third-order valence-corrected chi connectivity index (χ3v) is 4.18. The fraction of sp³-hybridized carbons (Fsp3) is 0.280. The third kappa shape index (κ3) is 8.63. The van der Waals surface area contributed by atoms with E-state index in [9.17, 15) is 0 Å². The van der Waals surface area contributed by atoms with Crippen LogP contribution in [0.25, 0.3) is 12.2 Å². The van der Waals surface area contributed by atoms with Crippen LogP contribution in [0.1, 0.15) is 57.6 Å². The molecule has 0 fully saturated rings. The molecule has 0 N–H and O–H groups in total. The average molecular weight is 417 g/mol. The van der Waals surface area contributed by atoms with Crippen LogP contribution in [-0.2, 0) is 16.5 Å². The Morgan fingerprint density at radius 1 is 0.786 bits per heavy atom. The van der Waals surface area contributed by atoms with Crippen molar-refractivity contribution in [2.75, 3.05) is 0 Å². The summed E-state index contributed by atoms with van der Waals surface area (Å²) in [5.41, 5.74) is 5.34. The summed E-state index contributed by atoms with van der Waals surface area (Å²) in [7, 11) is 0. The second-order valence-corrected chi connectivity index (χ2v) is 6.50. The molecule has 0 spiro atoms. The minimum atomic E-state index is 0. The van der Waals surface area contributed by atoms with Gasteiger partial charge in [0.2, 0.25) is 0 Å². The van der Waals surface area contributed by atoms with E-state index in [1.54, 1.807) is 0 Å². The molecule has 0 aliphatic heterocycles. The first-order valence-electron chi connectivity index (χ1n) is 9.82. The number of benzene rings is 2. The predicted octanol–water partition coefficient (Wildman–Crippen LogP) is 7.81. The molecule has 2 aromatic rings. The van der Waals surface area contributed by atoms with Gasteiger partial charge in [0.15, 0.2) is 0 Å². The standard InChI is InChI=1S/C25H30N2.Ni/c1-4-7-8-11-25(27-24-18-14-22(10-6-3)15-19-24)20-26-23-16-12-21(9-5-2)13-17-23;/h5-6,9-10,12-20H,4,7-8,11H2,1-3H3;. The molecule has 0 saturated carbocycles. The van der Waals surface area contributed by atoms with E-state index < -0.39 is 0 Å². The molecule has 0 saturated heterocycles. The summed E-state index contributed by atoms with van der Waals surface area (Å²) in [5.74, 6) is 0. The van der Waals surface area contributed by atoms with Gasteiger partial charge in [-0.05, 0) is 62.1 Å². The van der Waals surface area contributed by atoms with Crippen molar-refractivity contribution in [2.45, 2.75) is 46.5 Å². The Morgan fingerprint density at radius 3 is 1.82 bits per heavy atom. The first kappa shape index (κ1) is 23.8. The van der Waals surface area contributed by atoms with Crippen LogP contribution in [0, 0.1) is 0 Å². The Morgan fingerprint density at radius 2 is 1.32 bits per heavy atom. The fourth-order valence-corrected chi connectivity index (χ4v) is 2.74. The molecule has 0 bridgehead atoms. The van der Waals surface area contributed by atoms with Gasteiger partial charge in [0.25, 0.3) is 0 Å². The van der Waals surface area contributed by atoms with Crippen molar-refractivity contribution >= 4 is 35.5 Å². The monoisotopic (exact) mass is 416 g/mol. The number of hydrogen-bond acceptors (Lipinski definition) is 2. The summed E-state index contributed by atoms with van der Waals surface area (Å²) in [6.07, 6.45) is 14.7. The van der Waals surface area contributed by atoms with Gasteiger partial charge >= 0.3 is 0 Å². The van der Waals surface area contributed by atoms with Gasteiger partial charge in [0.1, 0.15) is 0 Å². The van der Waals surface area contributed by atoms with Crippen LogP contribution < -0.4 is 0 Å². The number of aliphatic imine (C=N–C) groups is 2. The summed E-state index contributed by atoms with van der Waals surface area (Å²) in [6.45, 7) is 6.27. The molecule has 2 nitrogen and oxygen atoms in total. The predicted molar refractivity (Wildman–Crippen MR) is 122 cm³/mol. The maximum absolute atomic E-state index is 4.83. The largest absolute Gasteiger partial charge is 0.255 e. The minimum absolute atomic E-state index is 0. The first-order chi connectivity index (χ1) is 13.2. The van der Waals surface area contributed by atoms with Crippen molar-refractivity contribution in [3.63, 3.8) is 0 Å². The summed E-state index contributed by atoms with van der Waals surface area (Å²) < 4.78 is 0. The maximum Gasteiger partial charge on any atom is 0.0634 e. The number of unbranched alkanes of at least 4 members (excludes halogenated alkanes) is 2. The SMILES string of the molecule is CC=Cc1ccc(N=CC(CCCCC)=Nc2ccc(C=CC)cc2)cc1.[Ni]. The van der Waals surface area contributed by atoms with E-state index in [0.717, 1.165) is 29.9 Å². The molecule has 2 rings (SSSR count). The van der Waals surface area contributed by atoms with E-state index in [1.807, 2.05) is 44.3 Å². The zero-order valence-electron chi connectivity index (χ0n) is 17.0. The van der Waals surface area contributed by atoms with Crippen LogP contribution >= 0.6 is 0 Å². The van der Waals surface area contributed by atoms with Gasteiger partial charge in [-0.1, -0.05) is 68.3 Å². The van der Waals surface area contributed by atoms with Crippen LogP contribution in [-0.4, -0.2) is 11.9 Å². The third-order valence-electron chi connectivity index (χ3n) is 4.18. The number of hydrogen-bond donors (Lipinski definition) is 0. The molecule has 0 heterocycles.